The summed E-state index contributed by atoms with van der Waals surface area (Å²) in [6.07, 6.45) is 3.48. The van der Waals surface area contributed by atoms with Crippen molar-refractivity contribution in [2.24, 2.45) is 5.90 Å². The monoisotopic (exact) mass is 344 g/mol. The van der Waals surface area contributed by atoms with E-state index in [9.17, 15) is 23.3 Å². The van der Waals surface area contributed by atoms with Crippen LogP contribution in [-0.4, -0.2) is 25.1 Å². The molecule has 0 saturated carbocycles. The second-order valence-corrected chi connectivity index (χ2v) is 7.13. The number of carbonyl (C=O) groups is 1. The van der Waals surface area contributed by atoms with Gasteiger partial charge in [-0.05, 0) is 18.9 Å². The molecular weight excluding hydrogens is 324 g/mol. The van der Waals surface area contributed by atoms with Crippen LogP contribution in [0, 0.1) is 10.1 Å². The summed E-state index contributed by atoms with van der Waals surface area (Å²) in [5.41, 5.74) is -0.396. The van der Waals surface area contributed by atoms with Gasteiger partial charge in [0.25, 0.3) is 5.69 Å². The van der Waals surface area contributed by atoms with Gasteiger partial charge in [0.2, 0.25) is 0 Å². The number of sulfone groups is 1. The van der Waals surface area contributed by atoms with Crippen molar-refractivity contribution in [1.82, 2.24) is 0 Å². The van der Waals surface area contributed by atoms with E-state index in [0.29, 0.717) is 19.3 Å². The largest absolute Gasteiger partial charge is 0.373 e. The molecule has 0 radical (unpaired) electrons. The molecule has 9 heteroatoms. The average molecular weight is 344 g/mol. The number of nitrogens with two attached hydrogens (primary N) is 1. The van der Waals surface area contributed by atoms with Crippen LogP contribution in [0.4, 0.5) is 5.69 Å². The topological polar surface area (TPSA) is 130 Å². The Labute approximate surface area is 134 Å². The Balaban J connectivity index is 2.43. The first-order valence-electron chi connectivity index (χ1n) is 7.24. The standard InChI is InChI=1S/C14H20N2O6S/c15-22-14(17)10-4-2-1-3-7-11-23(20,21)13-9-6-5-8-12(13)16(18)19/h5-6,8-9H,1-4,7,10-11,15H2. The molecule has 0 amide bonds. The minimum Gasteiger partial charge on any atom is -0.373 e. The van der Waals surface area contributed by atoms with Gasteiger partial charge in [-0.15, -0.1) is 0 Å². The Hall–Kier alpha value is -2.00. The molecule has 1 aromatic rings. The quantitative estimate of drug-likeness (QED) is 0.391. The van der Waals surface area contributed by atoms with Crippen molar-refractivity contribution in [3.05, 3.63) is 34.4 Å². The lowest BCUT2D eigenvalue weighted by atomic mass is 10.1. The predicted octanol–water partition coefficient (Wildman–Crippen LogP) is 2.13. The van der Waals surface area contributed by atoms with Crippen LogP contribution in [-0.2, 0) is 19.5 Å². The summed E-state index contributed by atoms with van der Waals surface area (Å²) in [6.45, 7) is 0. The first-order valence-corrected chi connectivity index (χ1v) is 8.89. The summed E-state index contributed by atoms with van der Waals surface area (Å²) < 4.78 is 24.4. The van der Waals surface area contributed by atoms with E-state index < -0.39 is 26.4 Å². The Kier molecular flexibility index (Phi) is 7.63. The van der Waals surface area contributed by atoms with Gasteiger partial charge in [0.1, 0.15) is 4.90 Å². The van der Waals surface area contributed by atoms with Gasteiger partial charge >= 0.3 is 5.97 Å². The number of nitro benzene ring substituents is 1. The summed E-state index contributed by atoms with van der Waals surface area (Å²) in [5, 5.41) is 10.9. The molecule has 0 fully saturated rings. The maximum absolute atomic E-state index is 12.2. The van der Waals surface area contributed by atoms with Gasteiger partial charge in [-0.2, -0.15) is 5.90 Å². The summed E-state index contributed by atoms with van der Waals surface area (Å²) in [5.74, 6) is 4.10. The molecule has 0 aliphatic carbocycles. The Morgan fingerprint density at radius 1 is 1.13 bits per heavy atom. The van der Waals surface area contributed by atoms with Crippen LogP contribution in [0.25, 0.3) is 0 Å². The third-order valence-electron chi connectivity index (χ3n) is 3.32. The Morgan fingerprint density at radius 2 is 1.74 bits per heavy atom. The van der Waals surface area contributed by atoms with E-state index >= 15 is 0 Å². The van der Waals surface area contributed by atoms with Crippen LogP contribution >= 0.6 is 0 Å². The molecule has 0 aliphatic heterocycles. The normalized spacial score (nSPS) is 11.2. The van der Waals surface area contributed by atoms with E-state index in [1.807, 2.05) is 0 Å². The number of hydrogen-bond acceptors (Lipinski definition) is 7. The average Bonchev–Trinajstić information content (AvgIpc) is 2.53. The first kappa shape index (κ1) is 19.0. The van der Waals surface area contributed by atoms with Crippen molar-refractivity contribution in [2.75, 3.05) is 5.75 Å². The molecule has 0 aromatic heterocycles. The van der Waals surface area contributed by atoms with Crippen molar-refractivity contribution in [2.45, 2.75) is 43.4 Å². The second-order valence-electron chi connectivity index (χ2n) is 5.05. The molecule has 0 atom stereocenters. The van der Waals surface area contributed by atoms with Crippen molar-refractivity contribution >= 4 is 21.5 Å². The molecule has 2 N–H and O–H groups in total. The molecule has 128 valence electrons. The maximum atomic E-state index is 12.2. The number of para-hydroxylation sites is 1. The van der Waals surface area contributed by atoms with Crippen LogP contribution < -0.4 is 5.90 Å². The lowest BCUT2D eigenvalue weighted by Crippen LogP contribution is -2.10. The zero-order valence-electron chi connectivity index (χ0n) is 12.6. The first-order chi connectivity index (χ1) is 10.9. The molecule has 23 heavy (non-hydrogen) atoms. The molecule has 0 heterocycles. The van der Waals surface area contributed by atoms with Gasteiger partial charge in [-0.1, -0.05) is 31.4 Å². The lowest BCUT2D eigenvalue weighted by molar-refractivity contribution is -0.387. The highest BCUT2D eigenvalue weighted by Gasteiger charge is 2.24. The minimum absolute atomic E-state index is 0.136. The van der Waals surface area contributed by atoms with Crippen molar-refractivity contribution in [3.8, 4) is 0 Å². The lowest BCUT2D eigenvalue weighted by Gasteiger charge is -2.05. The highest BCUT2D eigenvalue weighted by Crippen LogP contribution is 2.24. The SMILES string of the molecule is NOC(=O)CCCCCCCS(=O)(=O)c1ccccc1[N+](=O)[O-]. The molecular formula is C14H20N2O6S. The van der Waals surface area contributed by atoms with E-state index in [0.717, 1.165) is 12.8 Å². The fourth-order valence-electron chi connectivity index (χ4n) is 2.13. The molecule has 1 rings (SSSR count). The van der Waals surface area contributed by atoms with Gasteiger partial charge in [-0.25, -0.2) is 8.42 Å². The zero-order valence-corrected chi connectivity index (χ0v) is 13.5. The molecule has 0 spiro atoms. The van der Waals surface area contributed by atoms with Crippen LogP contribution in [0.3, 0.4) is 0 Å². The molecule has 0 unspecified atom stereocenters. The number of nitro groups is 1. The van der Waals surface area contributed by atoms with Gasteiger partial charge in [0.15, 0.2) is 9.84 Å². The number of unbranched alkanes of at least 4 members (excludes halogenated alkanes) is 4. The summed E-state index contributed by atoms with van der Waals surface area (Å²) in [6, 6.07) is 5.34. The molecule has 0 bridgehead atoms. The van der Waals surface area contributed by atoms with Crippen molar-refractivity contribution in [3.63, 3.8) is 0 Å². The Morgan fingerprint density at radius 3 is 2.39 bits per heavy atom. The van der Waals surface area contributed by atoms with Crippen LogP contribution in [0.1, 0.15) is 38.5 Å². The third-order valence-corrected chi connectivity index (χ3v) is 5.16. The molecule has 1 aromatic carbocycles. The van der Waals surface area contributed by atoms with Crippen LogP contribution in [0.5, 0.6) is 0 Å². The van der Waals surface area contributed by atoms with Crippen LogP contribution in [0.2, 0.25) is 0 Å². The van der Waals surface area contributed by atoms with E-state index in [1.165, 1.54) is 24.3 Å². The zero-order chi connectivity index (χ0) is 17.3. The molecule has 0 aliphatic rings. The second kappa shape index (κ2) is 9.21. The van der Waals surface area contributed by atoms with Gasteiger partial charge in [0.05, 0.1) is 10.7 Å². The smallest absolute Gasteiger partial charge is 0.324 e. The molecule has 8 nitrogen and oxygen atoms in total. The molecule has 0 saturated heterocycles. The fraction of sp³-hybridized carbons (Fsp3) is 0.500. The highest BCUT2D eigenvalue weighted by atomic mass is 32.2. The minimum atomic E-state index is -3.68. The summed E-state index contributed by atoms with van der Waals surface area (Å²) in [7, 11) is -3.68. The number of nitrogens with zero attached hydrogens (tertiary/aromatic N) is 1. The van der Waals surface area contributed by atoms with Gasteiger partial charge < -0.3 is 4.84 Å². The number of benzene rings is 1. The van der Waals surface area contributed by atoms with E-state index in [2.05, 4.69) is 4.84 Å². The summed E-state index contributed by atoms with van der Waals surface area (Å²) >= 11 is 0. The number of hydrogen-bond donors (Lipinski definition) is 1. The highest BCUT2D eigenvalue weighted by molar-refractivity contribution is 7.91. The van der Waals surface area contributed by atoms with E-state index in [4.69, 9.17) is 5.90 Å². The van der Waals surface area contributed by atoms with Crippen molar-refractivity contribution < 1.29 is 23.0 Å². The number of carbonyl (C=O) groups excluding carboxylic acids is 1. The third kappa shape index (κ3) is 6.33. The predicted molar refractivity (Wildman–Crippen MR) is 83.1 cm³/mol. The van der Waals surface area contributed by atoms with Gasteiger partial charge in [-0.3, -0.25) is 14.9 Å². The number of rotatable bonds is 10. The van der Waals surface area contributed by atoms with Crippen LogP contribution in [0.15, 0.2) is 29.2 Å². The summed E-state index contributed by atoms with van der Waals surface area (Å²) in [4.78, 5) is 24.8. The Bertz CT molecular complexity index is 644. The van der Waals surface area contributed by atoms with E-state index in [1.54, 1.807) is 0 Å². The van der Waals surface area contributed by atoms with E-state index in [-0.39, 0.29) is 17.1 Å². The maximum Gasteiger partial charge on any atom is 0.324 e. The van der Waals surface area contributed by atoms with Crippen molar-refractivity contribution in [1.29, 1.82) is 0 Å². The van der Waals surface area contributed by atoms with Gasteiger partial charge in [0, 0.05) is 12.5 Å². The fourth-order valence-corrected chi connectivity index (χ4v) is 3.68.